The van der Waals surface area contributed by atoms with E-state index in [4.69, 9.17) is 11.6 Å². The number of likely N-dealkylation sites (N-methyl/N-ethyl adjacent to an activating group) is 1. The Hall–Kier alpha value is -0.830. The molecular weight excluding hydrogens is 274 g/mol. The molecule has 2 unspecified atom stereocenters. The minimum Gasteiger partial charge on any atom is -0.312 e. The molecule has 0 spiro atoms. The smallest absolute Gasteiger partial charge is 0.0931 e. The summed E-state index contributed by atoms with van der Waals surface area (Å²) < 4.78 is 0.874. The van der Waals surface area contributed by atoms with Gasteiger partial charge in [-0.05, 0) is 49.6 Å². The van der Waals surface area contributed by atoms with Crippen LogP contribution in [-0.4, -0.2) is 7.05 Å². The number of fused-ring (bicyclic) bond motifs is 1. The molecule has 0 radical (unpaired) electrons. The average molecular weight is 292 g/mol. The molecule has 3 heteroatoms. The molecule has 0 saturated carbocycles. The molecule has 1 heterocycles. The molecule has 0 aliphatic heterocycles. The van der Waals surface area contributed by atoms with E-state index < -0.39 is 0 Å². The van der Waals surface area contributed by atoms with Gasteiger partial charge in [0.05, 0.1) is 4.34 Å². The highest BCUT2D eigenvalue weighted by atomic mass is 35.5. The third kappa shape index (κ3) is 2.58. The van der Waals surface area contributed by atoms with E-state index in [0.717, 1.165) is 4.34 Å². The molecular formula is C16H18ClNS. The third-order valence-corrected chi connectivity index (χ3v) is 5.34. The number of halogens is 1. The van der Waals surface area contributed by atoms with E-state index in [1.807, 2.05) is 6.07 Å². The van der Waals surface area contributed by atoms with Gasteiger partial charge in [0.25, 0.3) is 0 Å². The molecule has 1 aliphatic rings. The summed E-state index contributed by atoms with van der Waals surface area (Å²) in [5.74, 6) is 0.560. The first-order valence-electron chi connectivity index (χ1n) is 6.80. The number of hydrogen-bond acceptors (Lipinski definition) is 2. The summed E-state index contributed by atoms with van der Waals surface area (Å²) >= 11 is 7.78. The van der Waals surface area contributed by atoms with Crippen LogP contribution in [0.1, 0.15) is 40.8 Å². The lowest BCUT2D eigenvalue weighted by atomic mass is 9.78. The molecule has 3 rings (SSSR count). The van der Waals surface area contributed by atoms with Gasteiger partial charge in [0.2, 0.25) is 0 Å². The Morgan fingerprint density at radius 3 is 2.84 bits per heavy atom. The van der Waals surface area contributed by atoms with Crippen molar-refractivity contribution < 1.29 is 0 Å². The van der Waals surface area contributed by atoms with Gasteiger partial charge in [0.15, 0.2) is 0 Å². The maximum absolute atomic E-state index is 6.09. The van der Waals surface area contributed by atoms with Gasteiger partial charge in [0.1, 0.15) is 0 Å². The van der Waals surface area contributed by atoms with Crippen LogP contribution in [0.25, 0.3) is 0 Å². The Kier molecular flexibility index (Phi) is 3.92. The fourth-order valence-corrected chi connectivity index (χ4v) is 4.41. The Balaban J connectivity index is 1.97. The van der Waals surface area contributed by atoms with Crippen molar-refractivity contribution in [3.63, 3.8) is 0 Å². The van der Waals surface area contributed by atoms with Gasteiger partial charge in [-0.15, -0.1) is 11.3 Å². The number of benzene rings is 1. The topological polar surface area (TPSA) is 12.0 Å². The Bertz CT molecular complexity index is 563. The Morgan fingerprint density at radius 2 is 2.11 bits per heavy atom. The molecule has 0 saturated heterocycles. The molecule has 1 N–H and O–H groups in total. The van der Waals surface area contributed by atoms with E-state index in [-0.39, 0.29) is 0 Å². The lowest BCUT2D eigenvalue weighted by Gasteiger charge is -2.31. The normalized spacial score (nSPS) is 20.0. The summed E-state index contributed by atoms with van der Waals surface area (Å²) in [6.07, 6.45) is 3.74. The summed E-state index contributed by atoms with van der Waals surface area (Å²) in [5, 5.41) is 3.49. The van der Waals surface area contributed by atoms with Crippen LogP contribution in [0.2, 0.25) is 4.34 Å². The van der Waals surface area contributed by atoms with Gasteiger partial charge in [-0.2, -0.15) is 0 Å². The van der Waals surface area contributed by atoms with E-state index in [1.54, 1.807) is 11.3 Å². The molecule has 19 heavy (non-hydrogen) atoms. The lowest BCUT2D eigenvalue weighted by Crippen LogP contribution is -2.26. The molecule has 100 valence electrons. The number of thiophene rings is 1. The monoisotopic (exact) mass is 291 g/mol. The summed E-state index contributed by atoms with van der Waals surface area (Å²) in [7, 11) is 2.05. The molecule has 0 amide bonds. The zero-order chi connectivity index (χ0) is 13.2. The second-order valence-corrected chi connectivity index (χ2v) is 6.85. The average Bonchev–Trinajstić information content (AvgIpc) is 2.86. The van der Waals surface area contributed by atoms with Gasteiger partial charge in [0, 0.05) is 16.8 Å². The molecule has 2 atom stereocenters. The second kappa shape index (κ2) is 5.66. The summed E-state index contributed by atoms with van der Waals surface area (Å²) in [4.78, 5) is 1.34. The van der Waals surface area contributed by atoms with E-state index in [1.165, 1.54) is 35.3 Å². The predicted molar refractivity (Wildman–Crippen MR) is 83.3 cm³/mol. The second-order valence-electron chi connectivity index (χ2n) is 5.11. The Morgan fingerprint density at radius 1 is 1.26 bits per heavy atom. The van der Waals surface area contributed by atoms with Crippen LogP contribution in [0, 0.1) is 0 Å². The van der Waals surface area contributed by atoms with Gasteiger partial charge in [-0.25, -0.2) is 0 Å². The third-order valence-electron chi connectivity index (χ3n) is 4.03. The number of nitrogens with one attached hydrogen (secondary N) is 1. The molecule has 1 aromatic carbocycles. The van der Waals surface area contributed by atoms with Gasteiger partial charge < -0.3 is 5.32 Å². The number of aryl methyl sites for hydroxylation is 1. The first kappa shape index (κ1) is 13.2. The zero-order valence-corrected chi connectivity index (χ0v) is 12.6. The van der Waals surface area contributed by atoms with Crippen molar-refractivity contribution >= 4 is 22.9 Å². The van der Waals surface area contributed by atoms with Crippen molar-refractivity contribution in [3.8, 4) is 0 Å². The highest BCUT2D eigenvalue weighted by Gasteiger charge is 2.28. The standard InChI is InChI=1S/C16H18ClNS/c1-18-16(14-9-10-15(17)19-14)13-8-4-6-11-5-2-3-7-12(11)13/h2-3,5,7,9-10,13,16,18H,4,6,8H2,1H3. The summed E-state index contributed by atoms with van der Waals surface area (Å²) in [6, 6.07) is 13.4. The van der Waals surface area contributed by atoms with Gasteiger partial charge in [-0.1, -0.05) is 35.9 Å². The van der Waals surface area contributed by atoms with E-state index in [9.17, 15) is 0 Å². The maximum Gasteiger partial charge on any atom is 0.0931 e. The molecule has 1 nitrogen and oxygen atoms in total. The largest absolute Gasteiger partial charge is 0.312 e. The first-order chi connectivity index (χ1) is 9.29. The molecule has 1 aromatic heterocycles. The van der Waals surface area contributed by atoms with E-state index in [2.05, 4.69) is 42.7 Å². The number of hydrogen-bond donors (Lipinski definition) is 1. The minimum absolute atomic E-state index is 0.374. The quantitative estimate of drug-likeness (QED) is 0.858. The molecule has 0 fully saturated rings. The fourth-order valence-electron chi connectivity index (χ4n) is 3.17. The van der Waals surface area contributed by atoms with Crippen LogP contribution in [0.4, 0.5) is 0 Å². The number of rotatable bonds is 3. The molecule has 0 bridgehead atoms. The predicted octanol–water partition coefficient (Wildman–Crippen LogP) is 4.78. The van der Waals surface area contributed by atoms with Crippen molar-refractivity contribution in [2.24, 2.45) is 0 Å². The first-order valence-corrected chi connectivity index (χ1v) is 7.99. The fraction of sp³-hybridized carbons (Fsp3) is 0.375. The van der Waals surface area contributed by atoms with Crippen LogP contribution in [-0.2, 0) is 6.42 Å². The van der Waals surface area contributed by atoms with Gasteiger partial charge >= 0.3 is 0 Å². The van der Waals surface area contributed by atoms with Crippen LogP contribution < -0.4 is 5.32 Å². The maximum atomic E-state index is 6.09. The van der Waals surface area contributed by atoms with Crippen LogP contribution in [0.5, 0.6) is 0 Å². The lowest BCUT2D eigenvalue weighted by molar-refractivity contribution is 0.430. The highest BCUT2D eigenvalue weighted by molar-refractivity contribution is 7.16. The van der Waals surface area contributed by atoms with Crippen molar-refractivity contribution in [2.45, 2.75) is 31.2 Å². The Labute approximate surface area is 123 Å². The summed E-state index contributed by atoms with van der Waals surface area (Å²) in [5.41, 5.74) is 3.03. The van der Waals surface area contributed by atoms with Gasteiger partial charge in [-0.3, -0.25) is 0 Å². The minimum atomic E-state index is 0.374. The highest BCUT2D eigenvalue weighted by Crippen LogP contribution is 2.42. The SMILES string of the molecule is CNC(c1ccc(Cl)s1)C1CCCc2ccccc21. The van der Waals surface area contributed by atoms with Crippen LogP contribution in [0.3, 0.4) is 0 Å². The van der Waals surface area contributed by atoms with E-state index >= 15 is 0 Å². The van der Waals surface area contributed by atoms with Crippen molar-refractivity contribution in [1.82, 2.24) is 5.32 Å². The van der Waals surface area contributed by atoms with Crippen LogP contribution in [0.15, 0.2) is 36.4 Å². The van der Waals surface area contributed by atoms with E-state index in [0.29, 0.717) is 12.0 Å². The van der Waals surface area contributed by atoms with Crippen LogP contribution >= 0.6 is 22.9 Å². The zero-order valence-electron chi connectivity index (χ0n) is 11.0. The van der Waals surface area contributed by atoms with Crippen molar-refractivity contribution in [2.75, 3.05) is 7.05 Å². The van der Waals surface area contributed by atoms with Crippen molar-refractivity contribution in [1.29, 1.82) is 0 Å². The molecule has 1 aliphatic carbocycles. The van der Waals surface area contributed by atoms with Crippen molar-refractivity contribution in [3.05, 3.63) is 56.7 Å². The summed E-state index contributed by atoms with van der Waals surface area (Å²) in [6.45, 7) is 0. The molecule has 2 aromatic rings.